The van der Waals surface area contributed by atoms with Gasteiger partial charge in [-0.15, -0.1) is 0 Å². The molecular weight excluding hydrogens is 460 g/mol. The van der Waals surface area contributed by atoms with E-state index < -0.39 is 29.9 Å². The van der Waals surface area contributed by atoms with Crippen LogP contribution in [0.25, 0.3) is 6.08 Å². The number of rotatable bonds is 12. The standard InChI is InChI=1S/C28H38N2O6/c1-19(2)8-6-9-20(3)15-17-36-24-13-11-22(18-25(24)35-5)12-14-26(31)29-21(4)27(32)30-16-7-10-23(30)28(33)34/h8,11-15,18,21,23H,6-7,9-10,16-17H2,1-5H3,(H,29,31)(H,33,34)/t21-,23-/m0/s1. The number of ether oxygens (including phenoxy) is 2. The number of benzene rings is 1. The molecule has 36 heavy (non-hydrogen) atoms. The van der Waals surface area contributed by atoms with E-state index in [0.717, 1.165) is 18.4 Å². The number of hydrogen-bond acceptors (Lipinski definition) is 5. The number of methoxy groups -OCH3 is 1. The Balaban J connectivity index is 1.91. The van der Waals surface area contributed by atoms with Crippen LogP contribution in [-0.4, -0.2) is 60.1 Å². The van der Waals surface area contributed by atoms with Crippen molar-refractivity contribution in [3.05, 3.63) is 53.1 Å². The first kappa shape index (κ1) is 28.7. The number of hydrogen-bond donors (Lipinski definition) is 2. The van der Waals surface area contributed by atoms with Crippen LogP contribution in [0, 0.1) is 0 Å². The van der Waals surface area contributed by atoms with E-state index in [1.807, 2.05) is 6.07 Å². The number of nitrogens with one attached hydrogen (secondary N) is 1. The molecule has 0 saturated carbocycles. The molecule has 1 aliphatic heterocycles. The van der Waals surface area contributed by atoms with Crippen molar-refractivity contribution in [1.82, 2.24) is 10.2 Å². The topological polar surface area (TPSA) is 105 Å². The van der Waals surface area contributed by atoms with E-state index in [-0.39, 0.29) is 0 Å². The van der Waals surface area contributed by atoms with Gasteiger partial charge in [-0.2, -0.15) is 0 Å². The molecule has 8 heteroatoms. The Hall–Kier alpha value is -3.55. The molecule has 1 fully saturated rings. The van der Waals surface area contributed by atoms with Gasteiger partial charge in [-0.05, 0) is 83.2 Å². The van der Waals surface area contributed by atoms with E-state index in [0.29, 0.717) is 37.5 Å². The first-order valence-electron chi connectivity index (χ1n) is 12.2. The number of carboxylic acids is 1. The Bertz CT molecular complexity index is 1020. The number of carbonyl (C=O) groups excluding carboxylic acids is 2. The Morgan fingerprint density at radius 2 is 1.94 bits per heavy atom. The minimum absolute atomic E-state index is 0.380. The lowest BCUT2D eigenvalue weighted by molar-refractivity contribution is -0.149. The predicted octanol–water partition coefficient (Wildman–Crippen LogP) is 4.36. The quantitative estimate of drug-likeness (QED) is 0.328. The fourth-order valence-corrected chi connectivity index (χ4v) is 3.90. The van der Waals surface area contributed by atoms with Crippen molar-refractivity contribution in [3.63, 3.8) is 0 Å². The van der Waals surface area contributed by atoms with Crippen LogP contribution in [0.15, 0.2) is 47.6 Å². The minimum atomic E-state index is -1.02. The summed E-state index contributed by atoms with van der Waals surface area (Å²) in [5, 5.41) is 11.9. The largest absolute Gasteiger partial charge is 0.493 e. The van der Waals surface area contributed by atoms with Gasteiger partial charge in [0, 0.05) is 12.6 Å². The number of likely N-dealkylation sites (tertiary alicyclic amines) is 1. The maximum Gasteiger partial charge on any atom is 0.326 e. The molecule has 1 heterocycles. The third-order valence-corrected chi connectivity index (χ3v) is 5.93. The fraction of sp³-hybridized carbons (Fsp3) is 0.464. The highest BCUT2D eigenvalue weighted by Gasteiger charge is 2.36. The van der Waals surface area contributed by atoms with Crippen LogP contribution in [-0.2, 0) is 14.4 Å². The normalized spacial score (nSPS) is 16.5. The number of carbonyl (C=O) groups is 3. The third-order valence-electron chi connectivity index (χ3n) is 5.93. The van der Waals surface area contributed by atoms with Gasteiger partial charge in [0.25, 0.3) is 0 Å². The lowest BCUT2D eigenvalue weighted by atomic mass is 10.1. The summed E-state index contributed by atoms with van der Waals surface area (Å²) in [4.78, 5) is 37.6. The van der Waals surface area contributed by atoms with Crippen LogP contribution in [0.4, 0.5) is 0 Å². The summed E-state index contributed by atoms with van der Waals surface area (Å²) in [5.41, 5.74) is 3.30. The molecule has 1 saturated heterocycles. The van der Waals surface area contributed by atoms with Gasteiger partial charge in [0.1, 0.15) is 18.7 Å². The highest BCUT2D eigenvalue weighted by Crippen LogP contribution is 2.28. The summed E-state index contributed by atoms with van der Waals surface area (Å²) >= 11 is 0. The molecule has 1 aromatic rings. The zero-order chi connectivity index (χ0) is 26.7. The zero-order valence-corrected chi connectivity index (χ0v) is 21.9. The van der Waals surface area contributed by atoms with Crippen molar-refractivity contribution in [2.75, 3.05) is 20.3 Å². The maximum absolute atomic E-state index is 12.6. The van der Waals surface area contributed by atoms with E-state index in [9.17, 15) is 19.5 Å². The number of carboxylic acid groups (broad SMARTS) is 1. The van der Waals surface area contributed by atoms with E-state index >= 15 is 0 Å². The molecule has 2 rings (SSSR count). The Morgan fingerprint density at radius 1 is 1.19 bits per heavy atom. The van der Waals surface area contributed by atoms with E-state index in [2.05, 4.69) is 38.2 Å². The minimum Gasteiger partial charge on any atom is -0.493 e. The van der Waals surface area contributed by atoms with Crippen molar-refractivity contribution >= 4 is 23.9 Å². The van der Waals surface area contributed by atoms with Crippen LogP contribution >= 0.6 is 0 Å². The summed E-state index contributed by atoms with van der Waals surface area (Å²) in [7, 11) is 1.55. The Kier molecular flexibility index (Phi) is 11.2. The van der Waals surface area contributed by atoms with E-state index in [1.54, 1.807) is 32.2 Å². The number of nitrogens with zero attached hydrogens (tertiary/aromatic N) is 1. The van der Waals surface area contributed by atoms with Crippen LogP contribution < -0.4 is 14.8 Å². The Morgan fingerprint density at radius 3 is 2.61 bits per heavy atom. The average molecular weight is 499 g/mol. The van der Waals surface area contributed by atoms with Crippen molar-refractivity contribution in [3.8, 4) is 11.5 Å². The summed E-state index contributed by atoms with van der Waals surface area (Å²) in [5.74, 6) is -0.719. The van der Waals surface area contributed by atoms with E-state index in [1.165, 1.54) is 22.1 Å². The molecule has 1 aromatic carbocycles. The summed E-state index contributed by atoms with van der Waals surface area (Å²) in [6, 6.07) is 3.70. The second-order valence-corrected chi connectivity index (χ2v) is 9.18. The fourth-order valence-electron chi connectivity index (χ4n) is 3.90. The summed E-state index contributed by atoms with van der Waals surface area (Å²) in [6.07, 6.45) is 10.3. The molecule has 0 unspecified atom stereocenters. The van der Waals surface area contributed by atoms with Crippen LogP contribution in [0.5, 0.6) is 11.5 Å². The van der Waals surface area contributed by atoms with Gasteiger partial charge in [-0.25, -0.2) is 4.79 Å². The van der Waals surface area contributed by atoms with Gasteiger partial charge < -0.3 is 24.8 Å². The summed E-state index contributed by atoms with van der Waals surface area (Å²) in [6.45, 7) is 8.63. The Labute approximate surface area is 213 Å². The zero-order valence-electron chi connectivity index (χ0n) is 21.9. The van der Waals surface area contributed by atoms with Crippen LogP contribution in [0.1, 0.15) is 58.9 Å². The van der Waals surface area contributed by atoms with E-state index in [4.69, 9.17) is 9.47 Å². The first-order chi connectivity index (χ1) is 17.1. The highest BCUT2D eigenvalue weighted by atomic mass is 16.5. The van der Waals surface area contributed by atoms with Crippen molar-refractivity contribution in [1.29, 1.82) is 0 Å². The molecule has 8 nitrogen and oxygen atoms in total. The lowest BCUT2D eigenvalue weighted by Crippen LogP contribution is -2.50. The van der Waals surface area contributed by atoms with Gasteiger partial charge >= 0.3 is 5.97 Å². The maximum atomic E-state index is 12.6. The van der Waals surface area contributed by atoms with Gasteiger partial charge in [0.05, 0.1) is 7.11 Å². The number of aliphatic carboxylic acids is 1. The average Bonchev–Trinajstić information content (AvgIpc) is 3.33. The molecule has 0 radical (unpaired) electrons. The molecule has 0 aliphatic carbocycles. The number of allylic oxidation sites excluding steroid dienone is 3. The molecule has 2 N–H and O–H groups in total. The molecule has 0 spiro atoms. The molecule has 2 amide bonds. The smallest absolute Gasteiger partial charge is 0.326 e. The van der Waals surface area contributed by atoms with Gasteiger partial charge in [0.2, 0.25) is 11.8 Å². The molecule has 1 aliphatic rings. The van der Waals surface area contributed by atoms with Gasteiger partial charge in [-0.1, -0.05) is 23.3 Å². The van der Waals surface area contributed by atoms with Crippen molar-refractivity contribution in [2.45, 2.75) is 65.5 Å². The molecular formula is C28H38N2O6. The molecule has 0 bridgehead atoms. The van der Waals surface area contributed by atoms with Crippen molar-refractivity contribution < 1.29 is 29.0 Å². The second-order valence-electron chi connectivity index (χ2n) is 9.18. The van der Waals surface area contributed by atoms with Gasteiger partial charge in [0.15, 0.2) is 11.5 Å². The molecule has 0 aromatic heterocycles. The van der Waals surface area contributed by atoms with Crippen LogP contribution in [0.3, 0.4) is 0 Å². The first-order valence-corrected chi connectivity index (χ1v) is 12.2. The monoisotopic (exact) mass is 498 g/mol. The number of amides is 2. The van der Waals surface area contributed by atoms with Gasteiger partial charge in [-0.3, -0.25) is 9.59 Å². The SMILES string of the molecule is COc1cc(C=CC(=O)N[C@@H](C)C(=O)N2CCC[C@H]2C(=O)O)ccc1OCC=C(C)CCC=C(C)C. The van der Waals surface area contributed by atoms with Crippen LogP contribution in [0.2, 0.25) is 0 Å². The summed E-state index contributed by atoms with van der Waals surface area (Å²) < 4.78 is 11.3. The predicted molar refractivity (Wildman–Crippen MR) is 140 cm³/mol. The highest BCUT2D eigenvalue weighted by molar-refractivity contribution is 5.96. The molecule has 2 atom stereocenters. The molecule has 196 valence electrons. The van der Waals surface area contributed by atoms with Crippen molar-refractivity contribution in [2.24, 2.45) is 0 Å². The second kappa shape index (κ2) is 14.1. The lowest BCUT2D eigenvalue weighted by Gasteiger charge is -2.25. The third kappa shape index (κ3) is 8.91.